The molecule has 1 aromatic heterocycles. The van der Waals surface area contributed by atoms with Gasteiger partial charge in [0.05, 0.1) is 11.9 Å². The van der Waals surface area contributed by atoms with Crippen LogP contribution in [-0.4, -0.2) is 12.4 Å². The Labute approximate surface area is 96.9 Å². The molecule has 0 radical (unpaired) electrons. The topological polar surface area (TPSA) is 37.5 Å². The number of aryl methyl sites for hydroxylation is 1. The highest BCUT2D eigenvalue weighted by atomic mass is 16.3. The molecule has 0 bridgehead atoms. The number of nitrogens with zero attached hydrogens (tertiary/aromatic N) is 1. The minimum atomic E-state index is 0.213. The minimum absolute atomic E-state index is 0.213. The highest BCUT2D eigenvalue weighted by Crippen LogP contribution is 2.16. The van der Waals surface area contributed by atoms with Gasteiger partial charge in [0.15, 0.2) is 0 Å². The van der Waals surface area contributed by atoms with E-state index in [1.54, 1.807) is 0 Å². The van der Waals surface area contributed by atoms with Gasteiger partial charge in [0.25, 0.3) is 0 Å². The Balaban J connectivity index is 1.95. The molecule has 1 N–H and O–H groups in total. The summed E-state index contributed by atoms with van der Waals surface area (Å²) in [5.74, 6) is 3.09. The Bertz CT molecular complexity index is 368. The van der Waals surface area contributed by atoms with Crippen LogP contribution in [0.3, 0.4) is 0 Å². The smallest absolute Gasteiger partial charge is 0.126 e. The SMILES string of the molecule is Cc1ccc(C(C)NC2=NCCCCC2)o1. The first-order chi connectivity index (χ1) is 7.75. The van der Waals surface area contributed by atoms with Crippen molar-refractivity contribution in [2.24, 2.45) is 4.99 Å². The molecule has 2 rings (SSSR count). The second-order valence-electron chi connectivity index (χ2n) is 4.45. The molecule has 1 aromatic rings. The van der Waals surface area contributed by atoms with Gasteiger partial charge in [-0.15, -0.1) is 0 Å². The molecule has 2 heterocycles. The largest absolute Gasteiger partial charge is 0.464 e. The summed E-state index contributed by atoms with van der Waals surface area (Å²) in [6.45, 7) is 5.05. The number of aliphatic imine (C=N–C) groups is 1. The van der Waals surface area contributed by atoms with Gasteiger partial charge in [-0.05, 0) is 38.8 Å². The molecular formula is C13H20N2O. The van der Waals surface area contributed by atoms with E-state index in [1.807, 2.05) is 19.1 Å². The summed E-state index contributed by atoms with van der Waals surface area (Å²) in [5.41, 5.74) is 0. The molecule has 16 heavy (non-hydrogen) atoms. The molecule has 1 aliphatic heterocycles. The van der Waals surface area contributed by atoms with Gasteiger partial charge in [0.2, 0.25) is 0 Å². The molecule has 0 amide bonds. The Kier molecular flexibility index (Phi) is 3.65. The van der Waals surface area contributed by atoms with Crippen LogP contribution in [0, 0.1) is 6.92 Å². The summed E-state index contributed by atoms with van der Waals surface area (Å²) >= 11 is 0. The quantitative estimate of drug-likeness (QED) is 0.831. The number of hydrogen-bond donors (Lipinski definition) is 1. The summed E-state index contributed by atoms with van der Waals surface area (Å²) in [6, 6.07) is 4.25. The Morgan fingerprint density at radius 3 is 2.94 bits per heavy atom. The molecule has 1 atom stereocenters. The van der Waals surface area contributed by atoms with Crippen LogP contribution in [0.4, 0.5) is 0 Å². The zero-order chi connectivity index (χ0) is 11.4. The van der Waals surface area contributed by atoms with E-state index in [0.29, 0.717) is 0 Å². The lowest BCUT2D eigenvalue weighted by Crippen LogP contribution is -2.26. The molecular weight excluding hydrogens is 200 g/mol. The van der Waals surface area contributed by atoms with E-state index in [-0.39, 0.29) is 6.04 Å². The summed E-state index contributed by atoms with van der Waals surface area (Å²) < 4.78 is 5.60. The maximum atomic E-state index is 5.60. The molecule has 3 nitrogen and oxygen atoms in total. The number of amidine groups is 1. The van der Waals surface area contributed by atoms with Crippen molar-refractivity contribution >= 4 is 5.84 Å². The number of furan rings is 1. The standard InChI is InChI=1S/C13H20N2O/c1-10-7-8-12(16-10)11(2)15-13-6-4-3-5-9-14-13/h7-8,11H,3-6,9H2,1-2H3,(H,14,15). The molecule has 0 fully saturated rings. The number of rotatable bonds is 2. The molecule has 0 saturated carbocycles. The minimum Gasteiger partial charge on any atom is -0.464 e. The van der Waals surface area contributed by atoms with Gasteiger partial charge in [0, 0.05) is 13.0 Å². The third-order valence-corrected chi connectivity index (χ3v) is 2.95. The van der Waals surface area contributed by atoms with Gasteiger partial charge in [-0.1, -0.05) is 6.42 Å². The molecule has 3 heteroatoms. The Morgan fingerprint density at radius 1 is 1.31 bits per heavy atom. The van der Waals surface area contributed by atoms with Crippen molar-refractivity contribution in [3.63, 3.8) is 0 Å². The molecule has 88 valence electrons. The van der Waals surface area contributed by atoms with Gasteiger partial charge in [-0.3, -0.25) is 4.99 Å². The van der Waals surface area contributed by atoms with E-state index in [9.17, 15) is 0 Å². The van der Waals surface area contributed by atoms with Crippen molar-refractivity contribution in [1.29, 1.82) is 0 Å². The van der Waals surface area contributed by atoms with E-state index in [4.69, 9.17) is 4.42 Å². The van der Waals surface area contributed by atoms with Crippen LogP contribution in [0.2, 0.25) is 0 Å². The first-order valence-corrected chi connectivity index (χ1v) is 6.12. The van der Waals surface area contributed by atoms with E-state index in [2.05, 4.69) is 17.2 Å². The van der Waals surface area contributed by atoms with Gasteiger partial charge < -0.3 is 9.73 Å². The average Bonchev–Trinajstić information content (AvgIpc) is 2.54. The van der Waals surface area contributed by atoms with Crippen molar-refractivity contribution < 1.29 is 4.42 Å². The lowest BCUT2D eigenvalue weighted by atomic mass is 10.2. The van der Waals surface area contributed by atoms with Crippen molar-refractivity contribution in [2.75, 3.05) is 6.54 Å². The lowest BCUT2D eigenvalue weighted by Gasteiger charge is -2.14. The zero-order valence-corrected chi connectivity index (χ0v) is 10.1. The summed E-state index contributed by atoms with van der Waals surface area (Å²) in [5, 5.41) is 3.44. The normalized spacial score (nSPS) is 18.8. The van der Waals surface area contributed by atoms with Crippen molar-refractivity contribution in [1.82, 2.24) is 5.32 Å². The van der Waals surface area contributed by atoms with Crippen LogP contribution in [0.1, 0.15) is 50.2 Å². The van der Waals surface area contributed by atoms with Crippen LogP contribution in [0.15, 0.2) is 21.5 Å². The zero-order valence-electron chi connectivity index (χ0n) is 10.1. The highest BCUT2D eigenvalue weighted by molar-refractivity contribution is 5.82. The monoisotopic (exact) mass is 220 g/mol. The maximum absolute atomic E-state index is 5.60. The van der Waals surface area contributed by atoms with Crippen LogP contribution >= 0.6 is 0 Å². The number of nitrogens with one attached hydrogen (secondary N) is 1. The van der Waals surface area contributed by atoms with Crippen LogP contribution in [-0.2, 0) is 0 Å². The second kappa shape index (κ2) is 5.19. The van der Waals surface area contributed by atoms with Crippen LogP contribution in [0.25, 0.3) is 0 Å². The van der Waals surface area contributed by atoms with E-state index >= 15 is 0 Å². The third kappa shape index (κ3) is 2.87. The van der Waals surface area contributed by atoms with Crippen molar-refractivity contribution in [2.45, 2.75) is 45.6 Å². The van der Waals surface area contributed by atoms with Crippen LogP contribution in [0.5, 0.6) is 0 Å². The molecule has 0 aliphatic carbocycles. The molecule has 0 saturated heterocycles. The molecule has 0 aromatic carbocycles. The van der Waals surface area contributed by atoms with Crippen LogP contribution < -0.4 is 5.32 Å². The number of hydrogen-bond acceptors (Lipinski definition) is 3. The highest BCUT2D eigenvalue weighted by Gasteiger charge is 2.12. The molecule has 1 unspecified atom stereocenters. The first kappa shape index (κ1) is 11.2. The first-order valence-electron chi connectivity index (χ1n) is 6.12. The fraction of sp³-hybridized carbons (Fsp3) is 0.615. The van der Waals surface area contributed by atoms with Gasteiger partial charge >= 0.3 is 0 Å². The van der Waals surface area contributed by atoms with Crippen molar-refractivity contribution in [3.8, 4) is 0 Å². The summed E-state index contributed by atoms with van der Waals surface area (Å²) in [6.07, 6.45) is 4.84. The Hall–Kier alpha value is -1.25. The fourth-order valence-electron chi connectivity index (χ4n) is 2.00. The van der Waals surface area contributed by atoms with E-state index in [0.717, 1.165) is 30.3 Å². The fourth-order valence-corrected chi connectivity index (χ4v) is 2.00. The van der Waals surface area contributed by atoms with Gasteiger partial charge in [-0.25, -0.2) is 0 Å². The van der Waals surface area contributed by atoms with Crippen molar-refractivity contribution in [3.05, 3.63) is 23.7 Å². The third-order valence-electron chi connectivity index (χ3n) is 2.95. The second-order valence-corrected chi connectivity index (χ2v) is 4.45. The van der Waals surface area contributed by atoms with Gasteiger partial charge in [-0.2, -0.15) is 0 Å². The summed E-state index contributed by atoms with van der Waals surface area (Å²) in [7, 11) is 0. The predicted molar refractivity (Wildman–Crippen MR) is 65.8 cm³/mol. The lowest BCUT2D eigenvalue weighted by molar-refractivity contribution is 0.442. The Morgan fingerprint density at radius 2 is 2.19 bits per heavy atom. The average molecular weight is 220 g/mol. The molecule has 1 aliphatic rings. The maximum Gasteiger partial charge on any atom is 0.126 e. The summed E-state index contributed by atoms with van der Waals surface area (Å²) in [4.78, 5) is 4.56. The van der Waals surface area contributed by atoms with Gasteiger partial charge in [0.1, 0.15) is 11.5 Å². The van der Waals surface area contributed by atoms with E-state index in [1.165, 1.54) is 19.3 Å². The van der Waals surface area contributed by atoms with E-state index < -0.39 is 0 Å². The predicted octanol–water partition coefficient (Wildman–Crippen LogP) is 3.21. The molecule has 0 spiro atoms.